The Bertz CT molecular complexity index is 325. The second kappa shape index (κ2) is 7.36. The van der Waals surface area contributed by atoms with Gasteiger partial charge in [-0.25, -0.2) is 0 Å². The van der Waals surface area contributed by atoms with Gasteiger partial charge in [0.05, 0.1) is 25.9 Å². The Morgan fingerprint density at radius 2 is 1.78 bits per heavy atom. The molecule has 1 aromatic rings. The highest BCUT2D eigenvalue weighted by Crippen LogP contribution is 2.12. The van der Waals surface area contributed by atoms with Crippen LogP contribution in [-0.4, -0.2) is 42.6 Å². The van der Waals surface area contributed by atoms with E-state index in [-0.39, 0.29) is 13.2 Å². The van der Waals surface area contributed by atoms with E-state index in [0.29, 0.717) is 6.42 Å². The van der Waals surface area contributed by atoms with Crippen molar-refractivity contribution >= 4 is 0 Å². The average molecular weight is 253 g/mol. The Hall–Kier alpha value is -1.10. The summed E-state index contributed by atoms with van der Waals surface area (Å²) >= 11 is 0. The molecule has 0 fully saturated rings. The molecule has 0 spiro atoms. The van der Waals surface area contributed by atoms with Gasteiger partial charge >= 0.3 is 0 Å². The summed E-state index contributed by atoms with van der Waals surface area (Å²) in [6, 6.07) is 7.90. The van der Waals surface area contributed by atoms with Gasteiger partial charge in [-0.2, -0.15) is 0 Å². The summed E-state index contributed by atoms with van der Waals surface area (Å²) < 4.78 is 5.10. The lowest BCUT2D eigenvalue weighted by Gasteiger charge is -2.29. The van der Waals surface area contributed by atoms with E-state index in [1.165, 1.54) is 5.56 Å². The first kappa shape index (κ1) is 15.0. The maximum absolute atomic E-state index is 9.30. The molecule has 102 valence electrons. The van der Waals surface area contributed by atoms with E-state index < -0.39 is 5.54 Å². The van der Waals surface area contributed by atoms with E-state index in [2.05, 4.69) is 5.32 Å². The lowest BCUT2D eigenvalue weighted by molar-refractivity contribution is 0.0883. The molecule has 0 heterocycles. The molecular weight excluding hydrogens is 230 g/mol. The molecule has 1 rings (SSSR count). The number of nitrogens with one attached hydrogen (secondary N) is 1. The van der Waals surface area contributed by atoms with E-state index in [1.54, 1.807) is 7.11 Å². The van der Waals surface area contributed by atoms with Crippen LogP contribution in [0, 0.1) is 0 Å². The largest absolute Gasteiger partial charge is 0.497 e. The summed E-state index contributed by atoms with van der Waals surface area (Å²) in [6.07, 6.45) is 1.55. The van der Waals surface area contributed by atoms with Crippen LogP contribution in [0.2, 0.25) is 0 Å². The maximum Gasteiger partial charge on any atom is 0.118 e. The lowest BCUT2D eigenvalue weighted by Crippen LogP contribution is -2.51. The van der Waals surface area contributed by atoms with E-state index in [9.17, 15) is 10.2 Å². The van der Waals surface area contributed by atoms with E-state index in [0.717, 1.165) is 18.7 Å². The lowest BCUT2D eigenvalue weighted by atomic mass is 9.98. The summed E-state index contributed by atoms with van der Waals surface area (Å²) in [5, 5.41) is 21.8. The van der Waals surface area contributed by atoms with Crippen LogP contribution in [0.5, 0.6) is 5.75 Å². The predicted molar refractivity (Wildman–Crippen MR) is 71.9 cm³/mol. The highest BCUT2D eigenvalue weighted by atomic mass is 16.5. The predicted octanol–water partition coefficient (Wildman–Crippen LogP) is 0.961. The molecule has 0 saturated carbocycles. The molecule has 0 unspecified atom stereocenters. The highest BCUT2D eigenvalue weighted by molar-refractivity contribution is 5.27. The van der Waals surface area contributed by atoms with Crippen LogP contribution >= 0.6 is 0 Å². The summed E-state index contributed by atoms with van der Waals surface area (Å²) in [6.45, 7) is 2.57. The number of ether oxygens (including phenoxy) is 1. The molecule has 4 heteroatoms. The number of rotatable bonds is 8. The van der Waals surface area contributed by atoms with Crippen LogP contribution in [-0.2, 0) is 6.42 Å². The number of hydrogen-bond donors (Lipinski definition) is 3. The number of methoxy groups -OCH3 is 1. The number of benzene rings is 1. The normalized spacial score (nSPS) is 11.6. The van der Waals surface area contributed by atoms with Crippen molar-refractivity contribution in [2.75, 3.05) is 26.9 Å². The van der Waals surface area contributed by atoms with Crippen molar-refractivity contribution in [2.45, 2.75) is 25.3 Å². The fourth-order valence-electron chi connectivity index (χ4n) is 1.77. The molecule has 1 aromatic carbocycles. The Morgan fingerprint density at radius 1 is 1.17 bits per heavy atom. The Morgan fingerprint density at radius 3 is 2.22 bits per heavy atom. The Balaban J connectivity index is 2.44. The van der Waals surface area contributed by atoms with Gasteiger partial charge in [0.25, 0.3) is 0 Å². The van der Waals surface area contributed by atoms with Gasteiger partial charge in [-0.15, -0.1) is 0 Å². The second-order valence-corrected chi connectivity index (χ2v) is 4.47. The molecule has 3 N–H and O–H groups in total. The van der Waals surface area contributed by atoms with Gasteiger partial charge < -0.3 is 20.3 Å². The Labute approximate surface area is 109 Å². The minimum Gasteiger partial charge on any atom is -0.497 e. The fraction of sp³-hybridized carbons (Fsp3) is 0.571. The molecule has 4 nitrogen and oxygen atoms in total. The van der Waals surface area contributed by atoms with Crippen LogP contribution < -0.4 is 10.1 Å². The van der Waals surface area contributed by atoms with Gasteiger partial charge in [0.1, 0.15) is 5.75 Å². The quantitative estimate of drug-likeness (QED) is 0.646. The summed E-state index contributed by atoms with van der Waals surface area (Å²) in [5.74, 6) is 0.848. The van der Waals surface area contributed by atoms with E-state index in [1.807, 2.05) is 31.2 Å². The van der Waals surface area contributed by atoms with Crippen molar-refractivity contribution in [1.29, 1.82) is 0 Å². The highest BCUT2D eigenvalue weighted by Gasteiger charge is 2.25. The second-order valence-electron chi connectivity index (χ2n) is 4.47. The minimum atomic E-state index is -0.563. The third-order valence-corrected chi connectivity index (χ3v) is 3.35. The molecular formula is C14H23NO3. The third kappa shape index (κ3) is 3.98. The summed E-state index contributed by atoms with van der Waals surface area (Å²) in [4.78, 5) is 0. The monoisotopic (exact) mass is 253 g/mol. The molecule has 0 atom stereocenters. The van der Waals surface area contributed by atoms with E-state index in [4.69, 9.17) is 4.74 Å². The first-order valence-corrected chi connectivity index (χ1v) is 6.29. The van der Waals surface area contributed by atoms with Crippen LogP contribution in [0.25, 0.3) is 0 Å². The van der Waals surface area contributed by atoms with Crippen molar-refractivity contribution in [2.24, 2.45) is 0 Å². The first-order chi connectivity index (χ1) is 8.69. The van der Waals surface area contributed by atoms with E-state index >= 15 is 0 Å². The molecule has 0 aliphatic carbocycles. The molecule has 0 aliphatic rings. The molecule has 0 radical (unpaired) electrons. The SMILES string of the molecule is CCC(CO)(CO)NCCc1ccc(OC)cc1. The van der Waals surface area contributed by atoms with Crippen molar-refractivity contribution < 1.29 is 14.9 Å². The third-order valence-electron chi connectivity index (χ3n) is 3.35. The van der Waals surface area contributed by atoms with Crippen molar-refractivity contribution in [3.63, 3.8) is 0 Å². The molecule has 0 aliphatic heterocycles. The van der Waals surface area contributed by atoms with Crippen LogP contribution in [0.3, 0.4) is 0 Å². The van der Waals surface area contributed by atoms with Crippen LogP contribution in [0.4, 0.5) is 0 Å². The molecule has 0 amide bonds. The molecule has 0 saturated heterocycles. The van der Waals surface area contributed by atoms with Gasteiger partial charge in [0.15, 0.2) is 0 Å². The van der Waals surface area contributed by atoms with Crippen LogP contribution in [0.1, 0.15) is 18.9 Å². The molecule has 0 bridgehead atoms. The zero-order valence-corrected chi connectivity index (χ0v) is 11.1. The molecule has 0 aromatic heterocycles. The smallest absolute Gasteiger partial charge is 0.118 e. The van der Waals surface area contributed by atoms with Gasteiger partial charge in [0, 0.05) is 0 Å². The van der Waals surface area contributed by atoms with Crippen molar-refractivity contribution in [3.8, 4) is 5.75 Å². The number of hydrogen-bond acceptors (Lipinski definition) is 4. The number of aliphatic hydroxyl groups excluding tert-OH is 2. The summed E-state index contributed by atoms with van der Waals surface area (Å²) in [7, 11) is 1.65. The van der Waals surface area contributed by atoms with Gasteiger partial charge in [-0.1, -0.05) is 19.1 Å². The number of aliphatic hydroxyl groups is 2. The van der Waals surface area contributed by atoms with Gasteiger partial charge in [0.2, 0.25) is 0 Å². The standard InChI is InChI=1S/C14H23NO3/c1-3-14(10-16,11-17)15-9-8-12-4-6-13(18-2)7-5-12/h4-7,15-17H,3,8-11H2,1-2H3. The topological polar surface area (TPSA) is 61.7 Å². The Kier molecular flexibility index (Phi) is 6.12. The van der Waals surface area contributed by atoms with Gasteiger partial charge in [-0.05, 0) is 37.1 Å². The van der Waals surface area contributed by atoms with Crippen molar-refractivity contribution in [3.05, 3.63) is 29.8 Å². The zero-order valence-electron chi connectivity index (χ0n) is 11.1. The average Bonchev–Trinajstić information content (AvgIpc) is 2.45. The first-order valence-electron chi connectivity index (χ1n) is 6.29. The minimum absolute atomic E-state index is 0.0530. The van der Waals surface area contributed by atoms with Crippen molar-refractivity contribution in [1.82, 2.24) is 5.32 Å². The van der Waals surface area contributed by atoms with Crippen LogP contribution in [0.15, 0.2) is 24.3 Å². The zero-order chi connectivity index (χ0) is 13.4. The van der Waals surface area contributed by atoms with Gasteiger partial charge in [-0.3, -0.25) is 0 Å². The summed E-state index contributed by atoms with van der Waals surface area (Å²) in [5.41, 5.74) is 0.635. The maximum atomic E-state index is 9.30. The fourth-order valence-corrected chi connectivity index (χ4v) is 1.77. The molecule has 18 heavy (non-hydrogen) atoms.